The second-order valence-corrected chi connectivity index (χ2v) is 9.11. The van der Waals surface area contributed by atoms with E-state index in [1.165, 1.54) is 6.07 Å². The van der Waals surface area contributed by atoms with Crippen molar-refractivity contribution in [3.05, 3.63) is 69.1 Å². The Balaban J connectivity index is 0.000000472. The zero-order valence-corrected chi connectivity index (χ0v) is 21.5. The number of nitrogens with two attached hydrogens (primary N) is 1. The van der Waals surface area contributed by atoms with Crippen molar-refractivity contribution in [1.29, 1.82) is 5.26 Å². The standard InChI is InChI=1S/C16H6Cl2F8N4O2.C6H6ClN/c17-6-1-5(15(21,22)23)2-7(18)10(6)30-11(32-12(28)31)9(8(3-27)29-30)13(16(24,25)26)4-14(13,19)20;7-5-6-1-3-8-4-2-6/h1-2H,4H2,(H2,28,31);1-4H,5H2. The summed E-state index contributed by atoms with van der Waals surface area (Å²) in [7, 11) is 0. The lowest BCUT2D eigenvalue weighted by atomic mass is 9.94. The number of hydrogen-bond donors (Lipinski definition) is 1. The molecular formula is C22H12Cl3F8N5O2. The number of primary amides is 1. The minimum Gasteiger partial charge on any atom is -0.391 e. The summed E-state index contributed by atoms with van der Waals surface area (Å²) in [6.07, 6.45) is -10.7. The summed E-state index contributed by atoms with van der Waals surface area (Å²) in [5, 5.41) is 10.9. The third kappa shape index (κ3) is 5.74. The van der Waals surface area contributed by atoms with Crippen LogP contribution in [-0.2, 0) is 17.5 Å². The minimum atomic E-state index is -5.65. The van der Waals surface area contributed by atoms with E-state index in [2.05, 4.69) is 14.8 Å². The predicted octanol–water partition coefficient (Wildman–Crippen LogP) is 7.19. The Kier molecular flexibility index (Phi) is 8.50. The first-order valence-corrected chi connectivity index (χ1v) is 11.7. The van der Waals surface area contributed by atoms with E-state index in [0.29, 0.717) is 18.0 Å². The number of alkyl halides is 9. The first kappa shape index (κ1) is 31.2. The number of carbonyl (C=O) groups excluding carboxylic acids is 1. The fourth-order valence-electron chi connectivity index (χ4n) is 3.62. The maximum atomic E-state index is 14.0. The molecule has 2 aromatic heterocycles. The van der Waals surface area contributed by atoms with Crippen molar-refractivity contribution >= 4 is 40.9 Å². The SMILES string of the molecule is ClCc1ccncc1.N#Cc1nn(-c2c(Cl)cc(C(F)(F)F)cc2Cl)c(OC(N)=O)c1C1(C(F)(F)F)CC1(F)F. The molecule has 0 bridgehead atoms. The van der Waals surface area contributed by atoms with E-state index in [9.17, 15) is 45.2 Å². The van der Waals surface area contributed by atoms with Crippen molar-refractivity contribution in [3.8, 4) is 17.6 Å². The number of ether oxygens (including phenoxy) is 1. The second-order valence-electron chi connectivity index (χ2n) is 8.03. The molecule has 214 valence electrons. The van der Waals surface area contributed by atoms with Crippen LogP contribution in [0.25, 0.3) is 5.69 Å². The van der Waals surface area contributed by atoms with Gasteiger partial charge in [0.15, 0.2) is 11.1 Å². The van der Waals surface area contributed by atoms with Gasteiger partial charge in [-0.25, -0.2) is 13.6 Å². The van der Waals surface area contributed by atoms with Gasteiger partial charge >= 0.3 is 18.4 Å². The average molecular weight is 637 g/mol. The highest BCUT2D eigenvalue weighted by Gasteiger charge is 2.86. The van der Waals surface area contributed by atoms with Crippen molar-refractivity contribution in [2.24, 2.45) is 5.73 Å². The number of halogens is 11. The third-order valence-corrected chi connectivity index (χ3v) is 6.39. The number of carbonyl (C=O) groups is 1. The molecule has 7 nitrogen and oxygen atoms in total. The predicted molar refractivity (Wildman–Crippen MR) is 125 cm³/mol. The van der Waals surface area contributed by atoms with Crippen LogP contribution in [-0.4, -0.2) is 33.0 Å². The average Bonchev–Trinajstić information content (AvgIpc) is 3.28. The molecular weight excluding hydrogens is 625 g/mol. The first-order valence-electron chi connectivity index (χ1n) is 10.4. The third-order valence-electron chi connectivity index (χ3n) is 5.50. The molecule has 1 amide bonds. The molecule has 2 heterocycles. The number of hydrogen-bond acceptors (Lipinski definition) is 5. The Labute approximate surface area is 234 Å². The summed E-state index contributed by atoms with van der Waals surface area (Å²) >= 11 is 17.1. The maximum absolute atomic E-state index is 14.0. The summed E-state index contributed by atoms with van der Waals surface area (Å²) < 4.78 is 113. The molecule has 1 aliphatic carbocycles. The van der Waals surface area contributed by atoms with Crippen LogP contribution in [0.5, 0.6) is 5.88 Å². The lowest BCUT2D eigenvalue weighted by Gasteiger charge is -2.21. The molecule has 2 N–H and O–H groups in total. The summed E-state index contributed by atoms with van der Waals surface area (Å²) in [6, 6.07) is 5.59. The van der Waals surface area contributed by atoms with E-state index in [4.69, 9.17) is 40.5 Å². The fourth-order valence-corrected chi connectivity index (χ4v) is 4.44. The number of amides is 1. The number of aromatic nitrogens is 3. The Bertz CT molecular complexity index is 1450. The molecule has 0 saturated heterocycles. The van der Waals surface area contributed by atoms with Gasteiger partial charge in [-0.15, -0.1) is 11.6 Å². The number of nitrogens with zero attached hydrogens (tertiary/aromatic N) is 4. The summed E-state index contributed by atoms with van der Waals surface area (Å²) in [4.78, 5) is 15.1. The van der Waals surface area contributed by atoms with Crippen LogP contribution in [0.2, 0.25) is 10.0 Å². The van der Waals surface area contributed by atoms with Crippen molar-refractivity contribution in [1.82, 2.24) is 14.8 Å². The number of benzene rings is 1. The molecule has 1 unspecified atom stereocenters. The topological polar surface area (TPSA) is 107 Å². The van der Waals surface area contributed by atoms with Crippen molar-refractivity contribution in [3.63, 3.8) is 0 Å². The van der Waals surface area contributed by atoms with E-state index in [1.54, 1.807) is 12.4 Å². The van der Waals surface area contributed by atoms with Crippen LogP contribution in [0.3, 0.4) is 0 Å². The van der Waals surface area contributed by atoms with Gasteiger partial charge in [-0.1, -0.05) is 23.2 Å². The van der Waals surface area contributed by atoms with Crippen LogP contribution >= 0.6 is 34.8 Å². The van der Waals surface area contributed by atoms with Gasteiger partial charge < -0.3 is 10.5 Å². The molecule has 0 aliphatic heterocycles. The van der Waals surface area contributed by atoms with E-state index in [0.717, 1.165) is 5.56 Å². The smallest absolute Gasteiger partial charge is 0.391 e. The quantitative estimate of drug-likeness (QED) is 0.241. The van der Waals surface area contributed by atoms with E-state index in [1.807, 2.05) is 12.1 Å². The van der Waals surface area contributed by atoms with Gasteiger partial charge in [0, 0.05) is 24.7 Å². The molecule has 1 fully saturated rings. The van der Waals surface area contributed by atoms with Crippen molar-refractivity contribution in [2.45, 2.75) is 36.0 Å². The van der Waals surface area contributed by atoms with Gasteiger partial charge in [0.05, 0.1) is 21.2 Å². The van der Waals surface area contributed by atoms with Crippen LogP contribution in [0.4, 0.5) is 39.9 Å². The fraction of sp³-hybridized carbons (Fsp3) is 0.273. The highest BCUT2D eigenvalue weighted by atomic mass is 35.5. The molecule has 0 spiro atoms. The lowest BCUT2D eigenvalue weighted by Crippen LogP contribution is -2.36. The maximum Gasteiger partial charge on any atom is 0.416 e. The molecule has 1 saturated carbocycles. The normalized spacial score (nSPS) is 17.9. The highest BCUT2D eigenvalue weighted by molar-refractivity contribution is 6.38. The molecule has 40 heavy (non-hydrogen) atoms. The monoisotopic (exact) mass is 635 g/mol. The molecule has 4 rings (SSSR count). The van der Waals surface area contributed by atoms with Gasteiger partial charge in [0.2, 0.25) is 5.88 Å². The highest BCUT2D eigenvalue weighted by Crippen LogP contribution is 2.71. The Hall–Kier alpha value is -3.35. The first-order chi connectivity index (χ1) is 18.4. The molecule has 1 aromatic carbocycles. The van der Waals surface area contributed by atoms with E-state index < -0.39 is 74.6 Å². The zero-order valence-electron chi connectivity index (χ0n) is 19.2. The van der Waals surface area contributed by atoms with Crippen molar-refractivity contribution < 1.29 is 44.7 Å². The molecule has 3 aromatic rings. The number of pyridine rings is 1. The largest absolute Gasteiger partial charge is 0.416 e. The van der Waals surface area contributed by atoms with Gasteiger partial charge in [-0.3, -0.25) is 4.98 Å². The van der Waals surface area contributed by atoms with E-state index in [-0.39, 0.29) is 4.68 Å². The summed E-state index contributed by atoms with van der Waals surface area (Å²) in [6.45, 7) is 0. The second kappa shape index (κ2) is 10.9. The molecule has 1 atom stereocenters. The lowest BCUT2D eigenvalue weighted by molar-refractivity contribution is -0.182. The van der Waals surface area contributed by atoms with Crippen LogP contribution in [0.1, 0.15) is 28.8 Å². The van der Waals surface area contributed by atoms with E-state index >= 15 is 0 Å². The Morgan fingerprint density at radius 3 is 2.00 bits per heavy atom. The van der Waals surface area contributed by atoms with Gasteiger partial charge in [-0.2, -0.15) is 41.4 Å². The van der Waals surface area contributed by atoms with Gasteiger partial charge in [0.25, 0.3) is 5.92 Å². The Morgan fingerprint density at radius 2 is 1.65 bits per heavy atom. The van der Waals surface area contributed by atoms with Crippen LogP contribution < -0.4 is 10.5 Å². The van der Waals surface area contributed by atoms with Crippen LogP contribution in [0.15, 0.2) is 36.7 Å². The molecule has 18 heteroatoms. The van der Waals surface area contributed by atoms with Crippen molar-refractivity contribution in [2.75, 3.05) is 0 Å². The Morgan fingerprint density at radius 1 is 1.12 bits per heavy atom. The van der Waals surface area contributed by atoms with Gasteiger partial charge in [0.1, 0.15) is 11.8 Å². The minimum absolute atomic E-state index is 0.144. The summed E-state index contributed by atoms with van der Waals surface area (Å²) in [5.41, 5.74) is -2.98. The zero-order chi connectivity index (χ0) is 30.3. The molecule has 1 aliphatic rings. The molecule has 0 radical (unpaired) electrons. The number of nitriles is 1. The van der Waals surface area contributed by atoms with Crippen LogP contribution in [0, 0.1) is 11.3 Å². The summed E-state index contributed by atoms with van der Waals surface area (Å²) in [5.74, 6) is -5.25. The number of rotatable bonds is 4. The van der Waals surface area contributed by atoms with Gasteiger partial charge in [-0.05, 0) is 29.8 Å².